The third-order valence-corrected chi connectivity index (χ3v) is 8.06. The topological polar surface area (TPSA) is 97.7 Å². The summed E-state index contributed by atoms with van der Waals surface area (Å²) in [4.78, 5) is 53.7. The molecule has 0 spiro atoms. The second-order valence-corrected chi connectivity index (χ2v) is 10.2. The number of pyridine rings is 1. The Bertz CT molecular complexity index is 1570. The summed E-state index contributed by atoms with van der Waals surface area (Å²) in [6, 6.07) is 16.2. The molecule has 1 aliphatic rings. The minimum Gasteiger partial charge on any atom is -0.494 e. The number of hydrogen-bond acceptors (Lipinski definition) is 6. The SMILES string of the molecule is COc1c(C(=O)NCC2CCN(C(C)=O)C2)sc2c1c(=O)n(CC(=O)c1ccccc1)c1ccccc21. The van der Waals surface area contributed by atoms with Crippen molar-refractivity contribution < 1.29 is 19.1 Å². The van der Waals surface area contributed by atoms with Crippen molar-refractivity contribution in [3.05, 3.63) is 75.4 Å². The Hall–Kier alpha value is -3.98. The molecule has 1 atom stereocenters. The van der Waals surface area contributed by atoms with Crippen molar-refractivity contribution >= 4 is 49.9 Å². The molecule has 0 bridgehead atoms. The molecule has 1 saturated heterocycles. The number of carbonyl (C=O) groups is 3. The average Bonchev–Trinajstić information content (AvgIpc) is 3.55. The number of ketones is 1. The van der Waals surface area contributed by atoms with E-state index in [1.807, 2.05) is 24.3 Å². The van der Waals surface area contributed by atoms with Crippen molar-refractivity contribution in [2.75, 3.05) is 26.7 Å². The van der Waals surface area contributed by atoms with Crippen LogP contribution in [0.2, 0.25) is 0 Å². The number of aromatic nitrogens is 1. The number of thiophene rings is 1. The first-order chi connectivity index (χ1) is 17.9. The number of ether oxygens (including phenoxy) is 1. The van der Waals surface area contributed by atoms with Gasteiger partial charge in [-0.1, -0.05) is 48.5 Å². The lowest BCUT2D eigenvalue weighted by Crippen LogP contribution is -2.32. The zero-order valence-corrected chi connectivity index (χ0v) is 21.5. The zero-order chi connectivity index (χ0) is 26.1. The van der Waals surface area contributed by atoms with Crippen molar-refractivity contribution in [3.63, 3.8) is 0 Å². The predicted octanol–water partition coefficient (Wildman–Crippen LogP) is 3.71. The molecular formula is C28H27N3O5S. The van der Waals surface area contributed by atoms with Crippen LogP contribution in [0.4, 0.5) is 0 Å². The first-order valence-corrected chi connectivity index (χ1v) is 12.9. The van der Waals surface area contributed by atoms with Crippen LogP contribution < -0.4 is 15.6 Å². The monoisotopic (exact) mass is 517 g/mol. The molecule has 1 unspecified atom stereocenters. The van der Waals surface area contributed by atoms with E-state index in [1.54, 1.807) is 42.2 Å². The number of methoxy groups -OCH3 is 1. The molecule has 37 heavy (non-hydrogen) atoms. The Balaban J connectivity index is 1.52. The molecule has 5 rings (SSSR count). The molecule has 1 fully saturated rings. The maximum Gasteiger partial charge on any atom is 0.265 e. The molecule has 2 amide bonds. The largest absolute Gasteiger partial charge is 0.494 e. The molecule has 2 aromatic heterocycles. The summed E-state index contributed by atoms with van der Waals surface area (Å²) in [7, 11) is 1.44. The second kappa shape index (κ2) is 10.2. The lowest BCUT2D eigenvalue weighted by Gasteiger charge is -2.14. The molecule has 0 aliphatic carbocycles. The van der Waals surface area contributed by atoms with Gasteiger partial charge in [0.1, 0.15) is 10.3 Å². The molecule has 0 saturated carbocycles. The maximum atomic E-state index is 13.8. The highest BCUT2D eigenvalue weighted by molar-refractivity contribution is 7.22. The Kier molecular flexibility index (Phi) is 6.80. The molecule has 4 aromatic rings. The molecule has 1 aliphatic heterocycles. The average molecular weight is 518 g/mol. The molecule has 8 nitrogen and oxygen atoms in total. The smallest absolute Gasteiger partial charge is 0.265 e. The molecule has 1 N–H and O–H groups in total. The summed E-state index contributed by atoms with van der Waals surface area (Å²) in [5, 5.41) is 4.03. The van der Waals surface area contributed by atoms with Crippen LogP contribution >= 0.6 is 11.3 Å². The number of amides is 2. The standard InChI is InChI=1S/C28H27N3O5S/c1-17(32)30-13-12-18(15-30)14-29-27(34)26-24(36-2)23-25(37-26)20-10-6-7-11-21(20)31(28(23)35)16-22(33)19-8-4-3-5-9-19/h3-11,18H,12-16H2,1-2H3,(H,29,34). The van der Waals surface area contributed by atoms with Crippen LogP contribution in [0.5, 0.6) is 5.75 Å². The van der Waals surface area contributed by atoms with Crippen LogP contribution in [0.25, 0.3) is 21.0 Å². The van der Waals surface area contributed by atoms with Gasteiger partial charge in [-0.15, -0.1) is 11.3 Å². The quantitative estimate of drug-likeness (QED) is 0.377. The Labute approximate surface area is 217 Å². The first-order valence-electron chi connectivity index (χ1n) is 12.1. The number of rotatable bonds is 7. The fourth-order valence-corrected chi connectivity index (χ4v) is 6.12. The number of likely N-dealkylation sites (tertiary alicyclic amines) is 1. The summed E-state index contributed by atoms with van der Waals surface area (Å²) >= 11 is 1.21. The van der Waals surface area contributed by atoms with Gasteiger partial charge in [0.25, 0.3) is 11.5 Å². The van der Waals surface area contributed by atoms with E-state index in [0.717, 1.165) is 11.8 Å². The highest BCUT2D eigenvalue weighted by Gasteiger charge is 2.28. The highest BCUT2D eigenvalue weighted by atomic mass is 32.1. The van der Waals surface area contributed by atoms with Crippen LogP contribution in [0.1, 0.15) is 33.4 Å². The number of nitrogens with zero attached hydrogens (tertiary/aromatic N) is 2. The van der Waals surface area contributed by atoms with Crippen LogP contribution in [0, 0.1) is 5.92 Å². The van der Waals surface area contributed by atoms with Gasteiger partial charge in [0, 0.05) is 37.5 Å². The Morgan fingerprint density at radius 3 is 2.51 bits per heavy atom. The number of hydrogen-bond donors (Lipinski definition) is 1. The Morgan fingerprint density at radius 1 is 1.08 bits per heavy atom. The summed E-state index contributed by atoms with van der Waals surface area (Å²) in [6.07, 6.45) is 0.828. The minimum absolute atomic E-state index is 0.0360. The molecular weight excluding hydrogens is 490 g/mol. The van der Waals surface area contributed by atoms with E-state index in [1.165, 1.54) is 23.0 Å². The van der Waals surface area contributed by atoms with Crippen molar-refractivity contribution in [1.82, 2.24) is 14.8 Å². The lowest BCUT2D eigenvalue weighted by molar-refractivity contribution is -0.127. The summed E-state index contributed by atoms with van der Waals surface area (Å²) < 4.78 is 7.72. The van der Waals surface area contributed by atoms with Crippen molar-refractivity contribution in [2.45, 2.75) is 19.9 Å². The van der Waals surface area contributed by atoms with Crippen LogP contribution in [-0.2, 0) is 11.3 Å². The van der Waals surface area contributed by atoms with Gasteiger partial charge in [-0.25, -0.2) is 0 Å². The van der Waals surface area contributed by atoms with Gasteiger partial charge >= 0.3 is 0 Å². The van der Waals surface area contributed by atoms with Crippen LogP contribution in [0.3, 0.4) is 0 Å². The van der Waals surface area contributed by atoms with Gasteiger partial charge in [0.2, 0.25) is 5.91 Å². The van der Waals surface area contributed by atoms with Crippen molar-refractivity contribution in [3.8, 4) is 5.75 Å². The molecule has 190 valence electrons. The summed E-state index contributed by atoms with van der Waals surface area (Å²) in [6.45, 7) is 3.15. The summed E-state index contributed by atoms with van der Waals surface area (Å²) in [5.41, 5.74) is 0.764. The van der Waals surface area contributed by atoms with E-state index in [9.17, 15) is 19.2 Å². The van der Waals surface area contributed by atoms with E-state index in [2.05, 4.69) is 5.32 Å². The van der Waals surface area contributed by atoms with Gasteiger partial charge < -0.3 is 15.0 Å². The third-order valence-electron chi connectivity index (χ3n) is 6.85. The van der Waals surface area contributed by atoms with Crippen molar-refractivity contribution in [2.24, 2.45) is 5.92 Å². The van der Waals surface area contributed by atoms with E-state index < -0.39 is 0 Å². The predicted molar refractivity (Wildman–Crippen MR) is 144 cm³/mol. The number of fused-ring (bicyclic) bond motifs is 3. The first kappa shape index (κ1) is 24.7. The van der Waals surface area contributed by atoms with Gasteiger partial charge in [0.15, 0.2) is 11.5 Å². The summed E-state index contributed by atoms with van der Waals surface area (Å²) in [5.74, 6) is -0.0830. The number of para-hydroxylation sites is 1. The fraction of sp³-hybridized carbons (Fsp3) is 0.286. The van der Waals surface area contributed by atoms with E-state index in [4.69, 9.17) is 4.74 Å². The third kappa shape index (κ3) is 4.62. The normalized spacial score (nSPS) is 15.3. The lowest BCUT2D eigenvalue weighted by atomic mass is 10.1. The molecule has 9 heteroatoms. The van der Waals surface area contributed by atoms with E-state index >= 15 is 0 Å². The number of Topliss-reactive ketones (excluding diaryl/α,β-unsaturated/α-hetero) is 1. The fourth-order valence-electron chi connectivity index (χ4n) is 4.91. The molecule has 2 aromatic carbocycles. The van der Waals surface area contributed by atoms with Crippen molar-refractivity contribution in [1.29, 1.82) is 0 Å². The minimum atomic E-state index is -0.377. The Morgan fingerprint density at radius 2 is 1.81 bits per heavy atom. The molecule has 3 heterocycles. The van der Waals surface area contributed by atoms with Crippen LogP contribution in [0.15, 0.2) is 59.4 Å². The van der Waals surface area contributed by atoms with Gasteiger partial charge in [0.05, 0.1) is 23.9 Å². The number of carbonyl (C=O) groups excluding carboxylic acids is 3. The van der Waals surface area contributed by atoms with Gasteiger partial charge in [-0.05, 0) is 18.4 Å². The second-order valence-electron chi connectivity index (χ2n) is 9.20. The van der Waals surface area contributed by atoms with E-state index in [-0.39, 0.29) is 41.4 Å². The highest BCUT2D eigenvalue weighted by Crippen LogP contribution is 2.39. The van der Waals surface area contributed by atoms with Gasteiger partial charge in [-0.2, -0.15) is 0 Å². The number of nitrogens with one attached hydrogen (secondary N) is 1. The maximum absolute atomic E-state index is 13.8. The number of benzene rings is 2. The van der Waals surface area contributed by atoms with Crippen LogP contribution in [-0.4, -0.2) is 53.8 Å². The van der Waals surface area contributed by atoms with Gasteiger partial charge in [-0.3, -0.25) is 23.7 Å². The molecule has 0 radical (unpaired) electrons. The van der Waals surface area contributed by atoms with E-state index in [0.29, 0.717) is 45.7 Å². The zero-order valence-electron chi connectivity index (χ0n) is 20.7.